The topological polar surface area (TPSA) is 75.7 Å². The van der Waals surface area contributed by atoms with Gasteiger partial charge in [-0.2, -0.15) is 0 Å². The van der Waals surface area contributed by atoms with E-state index in [1.165, 1.54) is 18.4 Å². The van der Waals surface area contributed by atoms with Gasteiger partial charge in [-0.15, -0.1) is 11.3 Å². The molecule has 0 saturated heterocycles. The number of anilines is 2. The van der Waals surface area contributed by atoms with Gasteiger partial charge in [0.2, 0.25) is 10.0 Å². The number of rotatable bonds is 7. The summed E-state index contributed by atoms with van der Waals surface area (Å²) >= 11 is 1.35. The van der Waals surface area contributed by atoms with E-state index in [-0.39, 0.29) is 12.5 Å². The maximum absolute atomic E-state index is 12.4. The molecule has 3 aromatic rings. The van der Waals surface area contributed by atoms with Crippen LogP contribution in [-0.4, -0.2) is 27.6 Å². The Hall–Kier alpha value is -2.84. The second kappa shape index (κ2) is 8.89. The van der Waals surface area contributed by atoms with Gasteiger partial charge < -0.3 is 10.1 Å². The third-order valence-corrected chi connectivity index (χ3v) is 6.75. The largest absolute Gasteiger partial charge is 0.487 e. The van der Waals surface area contributed by atoms with Crippen molar-refractivity contribution in [2.75, 3.05) is 22.9 Å². The molecular weight excluding hydrogens is 420 g/mol. The zero-order valence-electron chi connectivity index (χ0n) is 17.3. The lowest BCUT2D eigenvalue weighted by molar-refractivity contribution is 0.103. The predicted molar refractivity (Wildman–Crippen MR) is 122 cm³/mol. The highest BCUT2D eigenvalue weighted by atomic mass is 32.2. The Balaban J connectivity index is 1.91. The van der Waals surface area contributed by atoms with E-state index in [2.05, 4.69) is 5.32 Å². The van der Waals surface area contributed by atoms with Crippen LogP contribution in [0.2, 0.25) is 0 Å². The summed E-state index contributed by atoms with van der Waals surface area (Å²) < 4.78 is 31.4. The Labute approximate surface area is 181 Å². The SMILES string of the molecule is Cc1ccc(C)c(COc2cc(NC(=O)c3cccs3)ccc2N(C)S(C)(=O)=O)c1. The number of nitrogens with one attached hydrogen (secondary N) is 1. The monoisotopic (exact) mass is 444 g/mol. The van der Waals surface area contributed by atoms with Crippen LogP contribution in [0, 0.1) is 13.8 Å². The first-order valence-electron chi connectivity index (χ1n) is 9.27. The summed E-state index contributed by atoms with van der Waals surface area (Å²) in [5.74, 6) is 0.141. The summed E-state index contributed by atoms with van der Waals surface area (Å²) in [6.45, 7) is 4.28. The Morgan fingerprint density at radius 3 is 2.57 bits per heavy atom. The molecule has 0 atom stereocenters. The van der Waals surface area contributed by atoms with Crippen LogP contribution in [0.25, 0.3) is 0 Å². The first-order valence-corrected chi connectivity index (χ1v) is 12.0. The molecule has 0 spiro atoms. The lowest BCUT2D eigenvalue weighted by atomic mass is 10.1. The van der Waals surface area contributed by atoms with E-state index in [1.54, 1.807) is 24.3 Å². The molecule has 3 rings (SSSR count). The normalized spacial score (nSPS) is 11.2. The van der Waals surface area contributed by atoms with E-state index in [0.717, 1.165) is 27.3 Å². The molecule has 30 heavy (non-hydrogen) atoms. The summed E-state index contributed by atoms with van der Waals surface area (Å²) in [6.07, 6.45) is 1.13. The third-order valence-electron chi connectivity index (χ3n) is 4.69. The lowest BCUT2D eigenvalue weighted by Crippen LogP contribution is -2.25. The molecule has 0 saturated carbocycles. The van der Waals surface area contributed by atoms with Gasteiger partial charge in [0.05, 0.1) is 16.8 Å². The van der Waals surface area contributed by atoms with Crippen molar-refractivity contribution in [2.24, 2.45) is 0 Å². The summed E-state index contributed by atoms with van der Waals surface area (Å²) in [5.41, 5.74) is 4.13. The highest BCUT2D eigenvalue weighted by Crippen LogP contribution is 2.33. The molecule has 0 radical (unpaired) electrons. The van der Waals surface area contributed by atoms with Gasteiger partial charge in [-0.1, -0.05) is 29.8 Å². The summed E-state index contributed by atoms with van der Waals surface area (Å²) in [4.78, 5) is 13.0. The van der Waals surface area contributed by atoms with Gasteiger partial charge in [0.25, 0.3) is 5.91 Å². The van der Waals surface area contributed by atoms with Crippen molar-refractivity contribution in [1.82, 2.24) is 0 Å². The van der Waals surface area contributed by atoms with Crippen molar-refractivity contribution in [1.29, 1.82) is 0 Å². The fraction of sp³-hybridized carbons (Fsp3) is 0.227. The fourth-order valence-electron chi connectivity index (χ4n) is 2.86. The maximum Gasteiger partial charge on any atom is 0.265 e. The average Bonchev–Trinajstić information content (AvgIpc) is 3.22. The molecular formula is C22H24N2O4S2. The van der Waals surface area contributed by atoms with E-state index in [1.807, 2.05) is 43.5 Å². The van der Waals surface area contributed by atoms with Crippen LogP contribution in [-0.2, 0) is 16.6 Å². The maximum atomic E-state index is 12.4. The molecule has 0 aliphatic carbocycles. The molecule has 0 bridgehead atoms. The van der Waals surface area contributed by atoms with Gasteiger partial charge in [-0.25, -0.2) is 8.42 Å². The lowest BCUT2D eigenvalue weighted by Gasteiger charge is -2.21. The van der Waals surface area contributed by atoms with Crippen LogP contribution in [0.4, 0.5) is 11.4 Å². The Kier molecular flexibility index (Phi) is 6.48. The Bertz CT molecular complexity index is 1160. The van der Waals surface area contributed by atoms with Crippen molar-refractivity contribution >= 4 is 38.6 Å². The summed E-state index contributed by atoms with van der Waals surface area (Å²) in [5, 5.41) is 4.66. The Morgan fingerprint density at radius 2 is 1.90 bits per heavy atom. The molecule has 1 heterocycles. The van der Waals surface area contributed by atoms with E-state index >= 15 is 0 Å². The highest BCUT2D eigenvalue weighted by Gasteiger charge is 2.18. The fourth-order valence-corrected chi connectivity index (χ4v) is 3.99. The number of hydrogen-bond acceptors (Lipinski definition) is 5. The van der Waals surface area contributed by atoms with Gasteiger partial charge in [-0.05, 0) is 48.6 Å². The molecule has 1 aromatic heterocycles. The van der Waals surface area contributed by atoms with Gasteiger partial charge in [0.1, 0.15) is 12.4 Å². The van der Waals surface area contributed by atoms with Crippen LogP contribution < -0.4 is 14.4 Å². The second-order valence-electron chi connectivity index (χ2n) is 7.06. The predicted octanol–water partition coefficient (Wildman–Crippen LogP) is 4.59. The molecule has 8 heteroatoms. The number of carbonyl (C=O) groups excluding carboxylic acids is 1. The van der Waals surface area contributed by atoms with Gasteiger partial charge >= 0.3 is 0 Å². The summed E-state index contributed by atoms with van der Waals surface area (Å²) in [6, 6.07) is 14.6. The molecule has 6 nitrogen and oxygen atoms in total. The van der Waals surface area contributed by atoms with Crippen molar-refractivity contribution in [3.05, 3.63) is 75.5 Å². The summed E-state index contributed by atoms with van der Waals surface area (Å²) in [7, 11) is -2.01. The molecule has 2 aromatic carbocycles. The molecule has 1 N–H and O–H groups in total. The van der Waals surface area contributed by atoms with Gasteiger partial charge in [0, 0.05) is 18.8 Å². The van der Waals surface area contributed by atoms with Crippen LogP contribution in [0.15, 0.2) is 53.9 Å². The third kappa shape index (κ3) is 5.20. The molecule has 0 unspecified atom stereocenters. The number of ether oxygens (including phenoxy) is 1. The molecule has 158 valence electrons. The van der Waals surface area contributed by atoms with E-state index in [0.29, 0.717) is 22.0 Å². The second-order valence-corrected chi connectivity index (χ2v) is 10.0. The van der Waals surface area contributed by atoms with Crippen LogP contribution in [0.3, 0.4) is 0 Å². The van der Waals surface area contributed by atoms with Crippen LogP contribution in [0.1, 0.15) is 26.4 Å². The van der Waals surface area contributed by atoms with E-state index in [4.69, 9.17) is 4.74 Å². The number of hydrogen-bond donors (Lipinski definition) is 1. The molecule has 0 aliphatic rings. The minimum atomic E-state index is -3.48. The number of carbonyl (C=O) groups is 1. The van der Waals surface area contributed by atoms with Crippen LogP contribution >= 0.6 is 11.3 Å². The van der Waals surface area contributed by atoms with Crippen molar-refractivity contribution in [2.45, 2.75) is 20.5 Å². The number of sulfonamides is 1. The van der Waals surface area contributed by atoms with Crippen molar-refractivity contribution in [3.8, 4) is 5.75 Å². The molecule has 0 fully saturated rings. The quantitative estimate of drug-likeness (QED) is 0.578. The number of thiophene rings is 1. The Morgan fingerprint density at radius 1 is 1.13 bits per heavy atom. The number of amides is 1. The molecule has 0 aliphatic heterocycles. The van der Waals surface area contributed by atoms with Crippen molar-refractivity contribution < 1.29 is 17.9 Å². The van der Waals surface area contributed by atoms with Crippen molar-refractivity contribution in [3.63, 3.8) is 0 Å². The minimum Gasteiger partial charge on any atom is -0.487 e. The van der Waals surface area contributed by atoms with Gasteiger partial charge in [-0.3, -0.25) is 9.10 Å². The minimum absolute atomic E-state index is 0.227. The standard InChI is InChI=1S/C22H24N2O4S2/c1-15-7-8-16(2)17(12-15)14-28-20-13-18(23-22(25)21-6-5-11-29-21)9-10-19(20)24(3)30(4,26)27/h5-13H,14H2,1-4H3,(H,23,25). The molecule has 1 amide bonds. The number of nitrogens with zero attached hydrogens (tertiary/aromatic N) is 1. The highest BCUT2D eigenvalue weighted by molar-refractivity contribution is 7.92. The number of aryl methyl sites for hydroxylation is 2. The smallest absolute Gasteiger partial charge is 0.265 e. The number of benzene rings is 2. The average molecular weight is 445 g/mol. The van der Waals surface area contributed by atoms with E-state index in [9.17, 15) is 13.2 Å². The first-order chi connectivity index (χ1) is 14.1. The van der Waals surface area contributed by atoms with Crippen LogP contribution in [0.5, 0.6) is 5.75 Å². The first kappa shape index (κ1) is 21.9. The van der Waals surface area contributed by atoms with Gasteiger partial charge in [0.15, 0.2) is 0 Å². The zero-order chi connectivity index (χ0) is 21.9. The van der Waals surface area contributed by atoms with E-state index < -0.39 is 10.0 Å². The zero-order valence-corrected chi connectivity index (χ0v) is 18.9.